The summed E-state index contributed by atoms with van der Waals surface area (Å²) in [5.41, 5.74) is 0.253. The lowest BCUT2D eigenvalue weighted by Gasteiger charge is -2.35. The molecule has 0 N–H and O–H groups in total. The summed E-state index contributed by atoms with van der Waals surface area (Å²) in [7, 11) is -3.69. The van der Waals surface area contributed by atoms with Gasteiger partial charge in [-0.2, -0.15) is 14.5 Å². The van der Waals surface area contributed by atoms with E-state index >= 15 is 0 Å². The molecule has 2 aromatic heterocycles. The maximum atomic E-state index is 12.9. The fourth-order valence-electron chi connectivity index (χ4n) is 3.21. The Morgan fingerprint density at radius 3 is 2.45 bits per heavy atom. The monoisotopic (exact) mass is 425 g/mol. The van der Waals surface area contributed by atoms with Crippen molar-refractivity contribution >= 4 is 21.6 Å². The number of carbonyl (C=O) groups is 1. The van der Waals surface area contributed by atoms with Crippen LogP contribution < -0.4 is 0 Å². The van der Waals surface area contributed by atoms with Gasteiger partial charge in [-0.25, -0.2) is 8.42 Å². The van der Waals surface area contributed by atoms with Crippen molar-refractivity contribution in [3.8, 4) is 0 Å². The van der Waals surface area contributed by atoms with Crippen LogP contribution >= 0.6 is 0 Å². The van der Waals surface area contributed by atoms with Crippen molar-refractivity contribution in [1.29, 1.82) is 0 Å². The van der Waals surface area contributed by atoms with Crippen LogP contribution in [-0.2, 0) is 21.4 Å². The molecule has 158 valence electrons. The van der Waals surface area contributed by atoms with Gasteiger partial charge >= 0.3 is 5.69 Å². The third kappa shape index (κ3) is 4.00. The summed E-state index contributed by atoms with van der Waals surface area (Å²) >= 11 is 0. The molecule has 0 saturated carbocycles. The van der Waals surface area contributed by atoms with E-state index in [9.17, 15) is 23.3 Å². The lowest BCUT2D eigenvalue weighted by atomic mass is 10.2. The highest BCUT2D eigenvalue weighted by atomic mass is 32.2. The minimum Gasteiger partial charge on any atom is -0.338 e. The topological polar surface area (TPSA) is 136 Å². The summed E-state index contributed by atoms with van der Waals surface area (Å²) < 4.78 is 30.0. The van der Waals surface area contributed by atoms with Crippen molar-refractivity contribution in [2.45, 2.75) is 38.3 Å². The smallest absolute Gasteiger partial charge is 0.307 e. The molecular formula is C16H23N7O5S. The van der Waals surface area contributed by atoms with E-state index in [1.807, 2.05) is 6.92 Å². The second-order valence-electron chi connectivity index (χ2n) is 6.78. The highest BCUT2D eigenvalue weighted by molar-refractivity contribution is 7.89. The lowest BCUT2D eigenvalue weighted by Crippen LogP contribution is -2.51. The summed E-state index contributed by atoms with van der Waals surface area (Å²) in [5, 5.41) is 18.9. The van der Waals surface area contributed by atoms with Crippen molar-refractivity contribution in [3.63, 3.8) is 0 Å². The number of amides is 1. The summed E-state index contributed by atoms with van der Waals surface area (Å²) in [6.45, 7) is 6.49. The Morgan fingerprint density at radius 2 is 1.93 bits per heavy atom. The Morgan fingerprint density at radius 1 is 1.28 bits per heavy atom. The van der Waals surface area contributed by atoms with Crippen molar-refractivity contribution in [2.75, 3.05) is 26.2 Å². The Labute approximate surface area is 167 Å². The van der Waals surface area contributed by atoms with Gasteiger partial charge in [0.05, 0.1) is 10.6 Å². The van der Waals surface area contributed by atoms with E-state index in [0.717, 1.165) is 6.20 Å². The van der Waals surface area contributed by atoms with E-state index in [4.69, 9.17) is 0 Å². The molecule has 13 heteroatoms. The average Bonchev–Trinajstić information content (AvgIpc) is 3.34. The predicted molar refractivity (Wildman–Crippen MR) is 102 cm³/mol. The fraction of sp³-hybridized carbons (Fsp3) is 0.562. The summed E-state index contributed by atoms with van der Waals surface area (Å²) in [4.78, 5) is 24.7. The lowest BCUT2D eigenvalue weighted by molar-refractivity contribution is -0.385. The van der Waals surface area contributed by atoms with E-state index < -0.39 is 21.0 Å². The zero-order valence-electron chi connectivity index (χ0n) is 16.4. The van der Waals surface area contributed by atoms with Crippen LogP contribution in [0.4, 0.5) is 5.69 Å². The molecule has 29 heavy (non-hydrogen) atoms. The molecule has 3 heterocycles. The van der Waals surface area contributed by atoms with Gasteiger partial charge in [0.1, 0.15) is 23.3 Å². The molecule has 0 aliphatic carbocycles. The van der Waals surface area contributed by atoms with Gasteiger partial charge in [-0.1, -0.05) is 0 Å². The van der Waals surface area contributed by atoms with Gasteiger partial charge in [0, 0.05) is 38.9 Å². The highest BCUT2D eigenvalue weighted by Crippen LogP contribution is 2.22. The largest absolute Gasteiger partial charge is 0.338 e. The maximum absolute atomic E-state index is 12.9. The Kier molecular flexibility index (Phi) is 5.71. The molecule has 0 aromatic carbocycles. The van der Waals surface area contributed by atoms with Crippen LogP contribution in [0.2, 0.25) is 0 Å². The molecule has 1 amide bonds. The maximum Gasteiger partial charge on any atom is 0.307 e. The molecular weight excluding hydrogens is 402 g/mol. The van der Waals surface area contributed by atoms with Gasteiger partial charge in [-0.15, -0.1) is 0 Å². The number of hydrogen-bond donors (Lipinski definition) is 0. The van der Waals surface area contributed by atoms with Gasteiger partial charge in [-0.3, -0.25) is 24.3 Å². The van der Waals surface area contributed by atoms with Crippen molar-refractivity contribution in [1.82, 2.24) is 28.8 Å². The van der Waals surface area contributed by atoms with E-state index in [2.05, 4.69) is 10.2 Å². The van der Waals surface area contributed by atoms with Crippen molar-refractivity contribution in [3.05, 3.63) is 34.4 Å². The summed E-state index contributed by atoms with van der Waals surface area (Å²) in [6, 6.07) is -0.725. The predicted octanol–water partition coefficient (Wildman–Crippen LogP) is 0.410. The first kappa shape index (κ1) is 20.9. The average molecular weight is 425 g/mol. The van der Waals surface area contributed by atoms with E-state index in [1.165, 1.54) is 21.4 Å². The zero-order chi connectivity index (χ0) is 21.3. The Balaban J connectivity index is 1.66. The molecule has 1 unspecified atom stereocenters. The molecule has 1 fully saturated rings. The second kappa shape index (κ2) is 7.91. The highest BCUT2D eigenvalue weighted by Gasteiger charge is 2.34. The third-order valence-corrected chi connectivity index (χ3v) is 6.95. The molecule has 1 atom stereocenters. The number of aromatic nitrogens is 4. The quantitative estimate of drug-likeness (QED) is 0.483. The van der Waals surface area contributed by atoms with E-state index in [-0.39, 0.29) is 42.7 Å². The molecule has 0 spiro atoms. The number of sulfonamides is 1. The van der Waals surface area contributed by atoms with Crippen LogP contribution in [0.1, 0.15) is 25.6 Å². The number of carbonyl (C=O) groups excluding carboxylic acids is 1. The number of hydrogen-bond acceptors (Lipinski definition) is 7. The molecule has 0 bridgehead atoms. The standard InChI is InChI=1S/C16H23N7O5S/c1-4-20-11-15(12(2)18-20)29(27,28)21-7-5-19(6-8-21)16(24)13(3)22-10-14(9-17-22)23(25)26/h9-11,13H,4-8H2,1-3H3. The van der Waals surface area contributed by atoms with Gasteiger partial charge in [0.15, 0.2) is 0 Å². The van der Waals surface area contributed by atoms with Crippen LogP contribution in [0.15, 0.2) is 23.5 Å². The zero-order valence-corrected chi connectivity index (χ0v) is 17.2. The molecule has 1 aliphatic heterocycles. The van der Waals surface area contributed by atoms with E-state index in [1.54, 1.807) is 23.4 Å². The number of nitro groups is 1. The molecule has 1 saturated heterocycles. The number of nitrogens with zero attached hydrogens (tertiary/aromatic N) is 7. The normalized spacial score (nSPS) is 16.7. The number of aryl methyl sites for hydroxylation is 2. The Hall–Kier alpha value is -2.80. The van der Waals surface area contributed by atoms with Crippen LogP contribution in [0.5, 0.6) is 0 Å². The van der Waals surface area contributed by atoms with Crippen LogP contribution in [0.3, 0.4) is 0 Å². The second-order valence-corrected chi connectivity index (χ2v) is 8.68. The molecule has 3 rings (SSSR count). The van der Waals surface area contributed by atoms with Crippen LogP contribution in [-0.4, -0.2) is 74.2 Å². The van der Waals surface area contributed by atoms with Gasteiger partial charge in [0.2, 0.25) is 15.9 Å². The van der Waals surface area contributed by atoms with E-state index in [0.29, 0.717) is 12.2 Å². The van der Waals surface area contributed by atoms with Crippen LogP contribution in [0.25, 0.3) is 0 Å². The first-order valence-corrected chi connectivity index (χ1v) is 10.6. The van der Waals surface area contributed by atoms with Crippen molar-refractivity contribution < 1.29 is 18.1 Å². The molecule has 0 radical (unpaired) electrons. The van der Waals surface area contributed by atoms with Crippen LogP contribution in [0, 0.1) is 17.0 Å². The minimum absolute atomic E-state index is 0.163. The molecule has 12 nitrogen and oxygen atoms in total. The first-order valence-electron chi connectivity index (χ1n) is 9.16. The molecule has 1 aliphatic rings. The van der Waals surface area contributed by atoms with Gasteiger partial charge in [0.25, 0.3) is 0 Å². The third-order valence-electron chi connectivity index (χ3n) is 4.95. The van der Waals surface area contributed by atoms with Gasteiger partial charge in [-0.05, 0) is 20.8 Å². The summed E-state index contributed by atoms with van der Waals surface area (Å²) in [6.07, 6.45) is 3.82. The Bertz CT molecular complexity index is 1020. The number of piperazine rings is 1. The van der Waals surface area contributed by atoms with Crippen molar-refractivity contribution in [2.24, 2.45) is 0 Å². The minimum atomic E-state index is -3.69. The van der Waals surface area contributed by atoms with Gasteiger partial charge < -0.3 is 4.90 Å². The fourth-order valence-corrected chi connectivity index (χ4v) is 4.81. The number of rotatable bonds is 6. The summed E-state index contributed by atoms with van der Waals surface area (Å²) in [5.74, 6) is -0.268. The first-order chi connectivity index (χ1) is 13.6. The molecule has 2 aromatic rings. The SMILES string of the molecule is CCn1cc(S(=O)(=O)N2CCN(C(=O)C(C)n3cc([N+](=O)[O-])cn3)CC2)c(C)n1.